The van der Waals surface area contributed by atoms with Crippen molar-refractivity contribution in [2.45, 2.75) is 12.5 Å². The molecule has 0 bridgehead atoms. The molecule has 7 heteroatoms. The lowest BCUT2D eigenvalue weighted by atomic mass is 10.2. The number of aromatic nitrogens is 1. The first kappa shape index (κ1) is 13.8. The number of ether oxygens (including phenoxy) is 1. The van der Waals surface area contributed by atoms with Crippen molar-refractivity contribution < 1.29 is 9.53 Å². The predicted octanol–water partition coefficient (Wildman–Crippen LogP) is 2.27. The lowest BCUT2D eigenvalue weighted by molar-refractivity contribution is -0.117. The maximum Gasteiger partial charge on any atom is 0.226 e. The largest absolute Gasteiger partial charge is 0.378 e. The molecular weight excluding hydrogens is 298 g/mol. The Kier molecular flexibility index (Phi) is 4.16. The van der Waals surface area contributed by atoms with E-state index in [0.717, 1.165) is 16.8 Å². The number of nitrogens with one attached hydrogen (secondary N) is 2. The van der Waals surface area contributed by atoms with Crippen molar-refractivity contribution in [2.75, 3.05) is 25.1 Å². The third-order valence-corrected chi connectivity index (χ3v) is 4.26. The molecular formula is C13H14ClN3O2S. The smallest absolute Gasteiger partial charge is 0.226 e. The molecule has 106 valence electrons. The molecule has 20 heavy (non-hydrogen) atoms. The number of amides is 1. The van der Waals surface area contributed by atoms with Gasteiger partial charge in [-0.25, -0.2) is 4.98 Å². The fourth-order valence-electron chi connectivity index (χ4n) is 2.19. The molecule has 5 nitrogen and oxygen atoms in total. The monoisotopic (exact) mass is 311 g/mol. The second-order valence-electron chi connectivity index (χ2n) is 4.60. The zero-order valence-corrected chi connectivity index (χ0v) is 12.3. The van der Waals surface area contributed by atoms with Crippen LogP contribution in [0.1, 0.15) is 6.42 Å². The number of carbonyl (C=O) groups excluding carboxylic acids is 1. The van der Waals surface area contributed by atoms with Crippen molar-refractivity contribution in [2.24, 2.45) is 0 Å². The first-order valence-electron chi connectivity index (χ1n) is 6.37. The van der Waals surface area contributed by atoms with Gasteiger partial charge in [-0.05, 0) is 12.1 Å². The van der Waals surface area contributed by atoms with E-state index in [0.29, 0.717) is 30.3 Å². The molecule has 1 amide bonds. The number of hydrogen-bond acceptors (Lipinski definition) is 5. The van der Waals surface area contributed by atoms with Crippen molar-refractivity contribution in [1.29, 1.82) is 0 Å². The summed E-state index contributed by atoms with van der Waals surface area (Å²) in [6.07, 6.45) is 0.358. The number of benzene rings is 1. The van der Waals surface area contributed by atoms with Crippen LogP contribution in [-0.2, 0) is 9.53 Å². The zero-order valence-electron chi connectivity index (χ0n) is 10.7. The summed E-state index contributed by atoms with van der Waals surface area (Å²) < 4.78 is 6.34. The van der Waals surface area contributed by atoms with E-state index in [1.807, 2.05) is 6.07 Å². The van der Waals surface area contributed by atoms with E-state index in [1.165, 1.54) is 11.3 Å². The minimum atomic E-state index is -0.0876. The van der Waals surface area contributed by atoms with Crippen molar-refractivity contribution in [1.82, 2.24) is 10.3 Å². The van der Waals surface area contributed by atoms with Gasteiger partial charge in [0, 0.05) is 19.0 Å². The average Bonchev–Trinajstić information content (AvgIpc) is 2.92. The van der Waals surface area contributed by atoms with E-state index < -0.39 is 0 Å². The number of anilines is 1. The normalized spacial score (nSPS) is 19.1. The van der Waals surface area contributed by atoms with Gasteiger partial charge >= 0.3 is 0 Å². The number of carbonyl (C=O) groups is 1. The first-order chi connectivity index (χ1) is 9.74. The van der Waals surface area contributed by atoms with Crippen molar-refractivity contribution in [3.05, 3.63) is 22.7 Å². The van der Waals surface area contributed by atoms with Gasteiger partial charge < -0.3 is 15.4 Å². The minimum absolute atomic E-state index is 0.0529. The summed E-state index contributed by atoms with van der Waals surface area (Å²) in [5, 5.41) is 6.62. The second kappa shape index (κ2) is 6.05. The first-order valence-corrected chi connectivity index (χ1v) is 7.62. The highest BCUT2D eigenvalue weighted by Crippen LogP contribution is 2.32. The fourth-order valence-corrected chi connectivity index (χ4v) is 3.07. The summed E-state index contributed by atoms with van der Waals surface area (Å²) >= 11 is 7.68. The summed E-state index contributed by atoms with van der Waals surface area (Å²) in [7, 11) is 0. The lowest BCUT2D eigenvalue weighted by Crippen LogP contribution is -2.43. The van der Waals surface area contributed by atoms with Crippen LogP contribution in [0.2, 0.25) is 5.02 Å². The van der Waals surface area contributed by atoms with Crippen LogP contribution in [0.15, 0.2) is 17.6 Å². The number of hydrogen-bond donors (Lipinski definition) is 2. The number of halogens is 1. The number of fused-ring (bicyclic) bond motifs is 1. The van der Waals surface area contributed by atoms with Crippen LogP contribution in [0.25, 0.3) is 10.2 Å². The Morgan fingerprint density at radius 1 is 1.60 bits per heavy atom. The highest BCUT2D eigenvalue weighted by atomic mass is 35.5. The van der Waals surface area contributed by atoms with Crippen LogP contribution in [0.5, 0.6) is 0 Å². The molecule has 1 saturated heterocycles. The van der Waals surface area contributed by atoms with Gasteiger partial charge in [0.25, 0.3) is 0 Å². The quantitative estimate of drug-likeness (QED) is 0.913. The molecule has 0 radical (unpaired) electrons. The summed E-state index contributed by atoms with van der Waals surface area (Å²) in [6.45, 7) is 2.03. The molecule has 0 spiro atoms. The molecule has 1 fully saturated rings. The molecule has 1 unspecified atom stereocenters. The third-order valence-electron chi connectivity index (χ3n) is 3.15. The van der Waals surface area contributed by atoms with E-state index in [1.54, 1.807) is 11.6 Å². The van der Waals surface area contributed by atoms with Crippen LogP contribution in [0.3, 0.4) is 0 Å². The molecule has 1 atom stereocenters. The Morgan fingerprint density at radius 2 is 2.50 bits per heavy atom. The summed E-state index contributed by atoms with van der Waals surface area (Å²) in [5.41, 5.74) is 3.07. The number of thiazole rings is 1. The topological polar surface area (TPSA) is 63.2 Å². The molecule has 2 N–H and O–H groups in total. The zero-order chi connectivity index (χ0) is 13.9. The Bertz CT molecular complexity index is 625. The van der Waals surface area contributed by atoms with Gasteiger partial charge in [-0.15, -0.1) is 11.3 Å². The standard InChI is InChI=1S/C13H14ClN3O2S/c14-9-1-2-10-13(16-7-20-10)12(9)17-11(18)5-8-6-19-4-3-15-8/h1-2,7-8,15H,3-6H2,(H,17,18). The van der Waals surface area contributed by atoms with Crippen LogP contribution in [0, 0.1) is 0 Å². The number of morpholine rings is 1. The van der Waals surface area contributed by atoms with E-state index in [-0.39, 0.29) is 11.9 Å². The molecule has 3 rings (SSSR count). The molecule has 1 aliphatic rings. The van der Waals surface area contributed by atoms with Gasteiger partial charge in [-0.3, -0.25) is 4.79 Å². The van der Waals surface area contributed by atoms with E-state index in [4.69, 9.17) is 16.3 Å². The second-order valence-corrected chi connectivity index (χ2v) is 5.89. The Morgan fingerprint density at radius 3 is 3.30 bits per heavy atom. The average molecular weight is 312 g/mol. The molecule has 0 aliphatic carbocycles. The predicted molar refractivity (Wildman–Crippen MR) is 80.5 cm³/mol. The lowest BCUT2D eigenvalue weighted by Gasteiger charge is -2.23. The SMILES string of the molecule is O=C(CC1COCCN1)Nc1c(Cl)ccc2scnc12. The fraction of sp³-hybridized carbons (Fsp3) is 0.385. The van der Waals surface area contributed by atoms with Crippen LogP contribution in [-0.4, -0.2) is 36.7 Å². The van der Waals surface area contributed by atoms with Crippen molar-refractivity contribution in [3.63, 3.8) is 0 Å². The summed E-state index contributed by atoms with van der Waals surface area (Å²) in [4.78, 5) is 16.4. The van der Waals surface area contributed by atoms with E-state index in [9.17, 15) is 4.79 Å². The molecule has 1 aliphatic heterocycles. The molecule has 2 heterocycles. The molecule has 1 aromatic carbocycles. The van der Waals surface area contributed by atoms with Gasteiger partial charge in [-0.1, -0.05) is 11.6 Å². The Labute approximate surface area is 125 Å². The summed E-state index contributed by atoms with van der Waals surface area (Å²) in [6, 6.07) is 3.73. The van der Waals surface area contributed by atoms with E-state index >= 15 is 0 Å². The van der Waals surface area contributed by atoms with Crippen molar-refractivity contribution >= 4 is 44.7 Å². The maximum absolute atomic E-state index is 12.1. The molecule has 2 aromatic rings. The molecule has 1 aromatic heterocycles. The van der Waals surface area contributed by atoms with Gasteiger partial charge in [0.1, 0.15) is 5.52 Å². The maximum atomic E-state index is 12.1. The summed E-state index contributed by atoms with van der Waals surface area (Å²) in [5.74, 6) is -0.0876. The highest BCUT2D eigenvalue weighted by Gasteiger charge is 2.18. The van der Waals surface area contributed by atoms with Crippen LogP contribution >= 0.6 is 22.9 Å². The van der Waals surface area contributed by atoms with E-state index in [2.05, 4.69) is 15.6 Å². The van der Waals surface area contributed by atoms with Crippen LogP contribution in [0.4, 0.5) is 5.69 Å². The third kappa shape index (κ3) is 2.93. The van der Waals surface area contributed by atoms with Crippen molar-refractivity contribution in [3.8, 4) is 0 Å². The van der Waals surface area contributed by atoms with Gasteiger partial charge in [0.05, 0.1) is 34.1 Å². The number of rotatable bonds is 3. The Hall–Kier alpha value is -1.21. The minimum Gasteiger partial charge on any atom is -0.378 e. The number of nitrogens with zero attached hydrogens (tertiary/aromatic N) is 1. The Balaban J connectivity index is 1.73. The van der Waals surface area contributed by atoms with Gasteiger partial charge in [-0.2, -0.15) is 0 Å². The highest BCUT2D eigenvalue weighted by molar-refractivity contribution is 7.16. The van der Waals surface area contributed by atoms with Crippen LogP contribution < -0.4 is 10.6 Å². The molecule has 0 saturated carbocycles. The van der Waals surface area contributed by atoms with Gasteiger partial charge in [0.15, 0.2) is 0 Å². The van der Waals surface area contributed by atoms with Gasteiger partial charge in [0.2, 0.25) is 5.91 Å².